The van der Waals surface area contributed by atoms with Gasteiger partial charge in [0.2, 0.25) is 0 Å². The van der Waals surface area contributed by atoms with Gasteiger partial charge in [-0.3, -0.25) is 4.90 Å². The monoisotopic (exact) mass is 210 g/mol. The fraction of sp³-hybridized carbons (Fsp3) is 0.636. The first-order valence-corrected chi connectivity index (χ1v) is 6.13. The molecule has 2 heterocycles. The summed E-state index contributed by atoms with van der Waals surface area (Å²) in [5.74, 6) is 0. The smallest absolute Gasteiger partial charge is 0.0413 e. The molecule has 14 heavy (non-hydrogen) atoms. The van der Waals surface area contributed by atoms with Crippen LogP contribution in [0, 0.1) is 0 Å². The van der Waals surface area contributed by atoms with E-state index in [1.54, 1.807) is 0 Å². The van der Waals surface area contributed by atoms with Gasteiger partial charge in [-0.1, -0.05) is 6.07 Å². The molecule has 1 aromatic heterocycles. The van der Waals surface area contributed by atoms with Crippen molar-refractivity contribution in [2.45, 2.75) is 25.4 Å². The number of nitrogens with zero attached hydrogens (tertiary/aromatic N) is 1. The molecule has 1 aliphatic rings. The molecule has 0 bridgehead atoms. The van der Waals surface area contributed by atoms with E-state index >= 15 is 0 Å². The lowest BCUT2D eigenvalue weighted by Gasteiger charge is -2.29. The summed E-state index contributed by atoms with van der Waals surface area (Å²) in [5.41, 5.74) is 0. The zero-order chi connectivity index (χ0) is 9.97. The van der Waals surface area contributed by atoms with E-state index in [4.69, 9.17) is 0 Å². The number of rotatable bonds is 3. The second-order valence-corrected chi connectivity index (χ2v) is 4.98. The van der Waals surface area contributed by atoms with E-state index in [2.05, 4.69) is 41.7 Å². The third-order valence-electron chi connectivity index (χ3n) is 3.18. The predicted octanol–water partition coefficient (Wildman–Crippen LogP) is 2.10. The number of hydrogen-bond donors (Lipinski definition) is 1. The van der Waals surface area contributed by atoms with Crippen LogP contribution in [0.5, 0.6) is 0 Å². The molecule has 1 N–H and O–H groups in total. The number of thiophene rings is 1. The largest absolute Gasteiger partial charge is 0.315 e. The fourth-order valence-corrected chi connectivity index (χ4v) is 2.87. The van der Waals surface area contributed by atoms with E-state index in [9.17, 15) is 0 Å². The molecule has 0 unspecified atom stereocenters. The van der Waals surface area contributed by atoms with E-state index in [-0.39, 0.29) is 0 Å². The number of hydrogen-bond acceptors (Lipinski definition) is 3. The molecular formula is C11H18N2S. The van der Waals surface area contributed by atoms with Crippen molar-refractivity contribution in [1.29, 1.82) is 0 Å². The van der Waals surface area contributed by atoms with Gasteiger partial charge in [-0.2, -0.15) is 0 Å². The molecule has 1 saturated heterocycles. The molecular weight excluding hydrogens is 192 g/mol. The first-order chi connectivity index (χ1) is 6.79. The lowest BCUT2D eigenvalue weighted by molar-refractivity contribution is 0.199. The Balaban J connectivity index is 2.00. The molecule has 2 rings (SSSR count). The van der Waals surface area contributed by atoms with Gasteiger partial charge in [-0.25, -0.2) is 0 Å². The molecule has 0 radical (unpaired) electrons. The van der Waals surface area contributed by atoms with Crippen molar-refractivity contribution in [3.05, 3.63) is 22.4 Å². The summed E-state index contributed by atoms with van der Waals surface area (Å²) >= 11 is 1.86. The molecule has 0 aliphatic carbocycles. The van der Waals surface area contributed by atoms with Crippen molar-refractivity contribution in [3.8, 4) is 0 Å². The van der Waals surface area contributed by atoms with Gasteiger partial charge in [0.25, 0.3) is 0 Å². The van der Waals surface area contributed by atoms with Crippen molar-refractivity contribution < 1.29 is 0 Å². The summed E-state index contributed by atoms with van der Waals surface area (Å²) in [5, 5.41) is 5.57. The lowest BCUT2D eigenvalue weighted by atomic mass is 10.1. The highest BCUT2D eigenvalue weighted by atomic mass is 32.1. The second kappa shape index (κ2) is 4.43. The van der Waals surface area contributed by atoms with Crippen LogP contribution < -0.4 is 5.32 Å². The second-order valence-electron chi connectivity index (χ2n) is 4.00. The SMILES string of the molecule is C[C@H](c1cccs1)N(C)[C@@H]1CCNC1. The molecule has 3 heteroatoms. The fourth-order valence-electron chi connectivity index (χ4n) is 2.03. The quantitative estimate of drug-likeness (QED) is 0.822. The van der Waals surface area contributed by atoms with Crippen LogP contribution >= 0.6 is 11.3 Å². The van der Waals surface area contributed by atoms with E-state index in [1.165, 1.54) is 17.8 Å². The van der Waals surface area contributed by atoms with Gasteiger partial charge >= 0.3 is 0 Å². The Morgan fingerprint density at radius 2 is 2.50 bits per heavy atom. The Labute approximate surface area is 89.9 Å². The maximum atomic E-state index is 3.42. The van der Waals surface area contributed by atoms with Crippen LogP contribution in [0.25, 0.3) is 0 Å². The van der Waals surface area contributed by atoms with Crippen molar-refractivity contribution >= 4 is 11.3 Å². The zero-order valence-corrected chi connectivity index (χ0v) is 9.68. The van der Waals surface area contributed by atoms with Crippen molar-refractivity contribution in [1.82, 2.24) is 10.2 Å². The van der Waals surface area contributed by atoms with Gasteiger partial charge < -0.3 is 5.32 Å². The van der Waals surface area contributed by atoms with Crippen LogP contribution in [-0.2, 0) is 0 Å². The third-order valence-corrected chi connectivity index (χ3v) is 4.22. The summed E-state index contributed by atoms with van der Waals surface area (Å²) in [6, 6.07) is 5.64. The molecule has 1 fully saturated rings. The maximum Gasteiger partial charge on any atom is 0.0413 e. The van der Waals surface area contributed by atoms with E-state index in [1.807, 2.05) is 11.3 Å². The number of nitrogens with one attached hydrogen (secondary N) is 1. The van der Waals surface area contributed by atoms with Gasteiger partial charge in [0.15, 0.2) is 0 Å². The molecule has 78 valence electrons. The molecule has 1 aromatic rings. The minimum absolute atomic E-state index is 0.555. The first-order valence-electron chi connectivity index (χ1n) is 5.25. The van der Waals surface area contributed by atoms with Crippen molar-refractivity contribution in [2.24, 2.45) is 0 Å². The Bertz CT molecular complexity index is 265. The van der Waals surface area contributed by atoms with E-state index in [0.29, 0.717) is 12.1 Å². The Morgan fingerprint density at radius 3 is 3.07 bits per heavy atom. The van der Waals surface area contributed by atoms with Gasteiger partial charge in [0, 0.05) is 23.5 Å². The lowest BCUT2D eigenvalue weighted by Crippen LogP contribution is -2.35. The van der Waals surface area contributed by atoms with Crippen LogP contribution in [-0.4, -0.2) is 31.1 Å². The average Bonchev–Trinajstić information content (AvgIpc) is 2.87. The molecule has 1 aliphatic heterocycles. The van der Waals surface area contributed by atoms with Gasteiger partial charge in [0.1, 0.15) is 0 Å². The van der Waals surface area contributed by atoms with Crippen molar-refractivity contribution in [3.63, 3.8) is 0 Å². The zero-order valence-electron chi connectivity index (χ0n) is 8.86. The molecule has 0 aromatic carbocycles. The van der Waals surface area contributed by atoms with Crippen LogP contribution in [0.4, 0.5) is 0 Å². The third kappa shape index (κ3) is 2.00. The van der Waals surface area contributed by atoms with Crippen LogP contribution in [0.3, 0.4) is 0 Å². The Morgan fingerprint density at radius 1 is 1.64 bits per heavy atom. The average molecular weight is 210 g/mol. The summed E-state index contributed by atoms with van der Waals surface area (Å²) in [6.07, 6.45) is 1.28. The molecule has 2 nitrogen and oxygen atoms in total. The normalized spacial score (nSPS) is 24.4. The topological polar surface area (TPSA) is 15.3 Å². The summed E-state index contributed by atoms with van der Waals surface area (Å²) in [4.78, 5) is 3.96. The Hall–Kier alpha value is -0.380. The Kier molecular flexibility index (Phi) is 3.21. The highest BCUT2D eigenvalue weighted by molar-refractivity contribution is 7.10. The molecule has 0 amide bonds. The number of likely N-dealkylation sites (N-methyl/N-ethyl adjacent to an activating group) is 1. The maximum absolute atomic E-state index is 3.42. The van der Waals surface area contributed by atoms with E-state index < -0.39 is 0 Å². The van der Waals surface area contributed by atoms with Gasteiger partial charge in [0.05, 0.1) is 0 Å². The van der Waals surface area contributed by atoms with E-state index in [0.717, 1.165) is 6.54 Å². The van der Waals surface area contributed by atoms with Gasteiger partial charge in [-0.15, -0.1) is 11.3 Å². The molecule has 2 atom stereocenters. The van der Waals surface area contributed by atoms with Crippen LogP contribution in [0.1, 0.15) is 24.3 Å². The highest BCUT2D eigenvalue weighted by Crippen LogP contribution is 2.26. The summed E-state index contributed by atoms with van der Waals surface area (Å²) in [6.45, 7) is 4.61. The first kappa shape index (κ1) is 10.1. The van der Waals surface area contributed by atoms with Crippen molar-refractivity contribution in [2.75, 3.05) is 20.1 Å². The van der Waals surface area contributed by atoms with Crippen LogP contribution in [0.2, 0.25) is 0 Å². The van der Waals surface area contributed by atoms with Crippen LogP contribution in [0.15, 0.2) is 17.5 Å². The summed E-state index contributed by atoms with van der Waals surface area (Å²) in [7, 11) is 2.24. The standard InChI is InChI=1S/C11H18N2S/c1-9(11-4-3-7-14-11)13(2)10-5-6-12-8-10/h3-4,7,9-10,12H,5-6,8H2,1-2H3/t9-,10-/m1/s1. The van der Waals surface area contributed by atoms with Gasteiger partial charge in [-0.05, 0) is 38.4 Å². The summed E-state index contributed by atoms with van der Waals surface area (Å²) < 4.78 is 0. The minimum atomic E-state index is 0.555. The molecule has 0 spiro atoms. The minimum Gasteiger partial charge on any atom is -0.315 e. The predicted molar refractivity (Wildman–Crippen MR) is 61.8 cm³/mol. The highest BCUT2D eigenvalue weighted by Gasteiger charge is 2.23. The molecule has 0 saturated carbocycles.